The van der Waals surface area contributed by atoms with Crippen LogP contribution in [0, 0.1) is 6.92 Å². The molecule has 3 nitrogen and oxygen atoms in total. The van der Waals surface area contributed by atoms with E-state index in [2.05, 4.69) is 26.1 Å². The quantitative estimate of drug-likeness (QED) is 0.718. The summed E-state index contributed by atoms with van der Waals surface area (Å²) in [6.07, 6.45) is -4.50. The predicted octanol–water partition coefficient (Wildman–Crippen LogP) is 6.06. The number of halogens is 3. The molecule has 2 aromatic rings. The molecule has 0 bridgehead atoms. The van der Waals surface area contributed by atoms with Crippen molar-refractivity contribution < 1.29 is 22.7 Å². The van der Waals surface area contributed by atoms with E-state index in [0.29, 0.717) is 5.75 Å². The minimum atomic E-state index is -4.50. The number of anilines is 1. The van der Waals surface area contributed by atoms with Crippen LogP contribution in [-0.2, 0) is 16.4 Å². The number of nitrogens with one attached hydrogen (secondary N) is 1. The maximum absolute atomic E-state index is 12.9. The highest BCUT2D eigenvalue weighted by Gasteiger charge is 2.31. The lowest BCUT2D eigenvalue weighted by Gasteiger charge is -2.21. The van der Waals surface area contributed by atoms with Gasteiger partial charge in [0.25, 0.3) is 0 Å². The summed E-state index contributed by atoms with van der Waals surface area (Å²) in [7, 11) is 0. The molecule has 2 rings (SSSR count). The average Bonchev–Trinajstić information content (AvgIpc) is 2.48. The number of carbonyl (C=O) groups excluding carboxylic acids is 1. The first-order chi connectivity index (χ1) is 11.9. The third-order valence-electron chi connectivity index (χ3n) is 3.88. The molecular formula is C20H22F3NO2. The third-order valence-corrected chi connectivity index (χ3v) is 3.88. The highest BCUT2D eigenvalue weighted by molar-refractivity contribution is 5.90. The van der Waals surface area contributed by atoms with Gasteiger partial charge in [-0.1, -0.05) is 32.9 Å². The summed E-state index contributed by atoms with van der Waals surface area (Å²) < 4.78 is 44.6. The minimum Gasteiger partial charge on any atom is -0.455 e. The summed E-state index contributed by atoms with van der Waals surface area (Å²) in [5.41, 5.74) is 1.07. The van der Waals surface area contributed by atoms with Crippen LogP contribution < -0.4 is 10.1 Å². The number of rotatable bonds is 3. The van der Waals surface area contributed by atoms with Gasteiger partial charge in [0.2, 0.25) is 5.91 Å². The van der Waals surface area contributed by atoms with E-state index in [4.69, 9.17) is 4.74 Å². The molecular weight excluding hydrogens is 343 g/mol. The van der Waals surface area contributed by atoms with Crippen molar-refractivity contribution in [1.29, 1.82) is 0 Å². The first kappa shape index (κ1) is 19.8. The van der Waals surface area contributed by atoms with Crippen molar-refractivity contribution in [2.45, 2.75) is 46.2 Å². The van der Waals surface area contributed by atoms with E-state index < -0.39 is 17.6 Å². The van der Waals surface area contributed by atoms with Gasteiger partial charge in [-0.3, -0.25) is 4.79 Å². The van der Waals surface area contributed by atoms with Crippen LogP contribution >= 0.6 is 0 Å². The molecule has 0 aliphatic carbocycles. The van der Waals surface area contributed by atoms with Gasteiger partial charge in [-0.25, -0.2) is 0 Å². The van der Waals surface area contributed by atoms with Crippen molar-refractivity contribution in [2.75, 3.05) is 5.32 Å². The van der Waals surface area contributed by atoms with Crippen LogP contribution in [0.15, 0.2) is 36.4 Å². The fraction of sp³-hybridized carbons (Fsp3) is 0.350. The number of alkyl halides is 3. The number of aryl methyl sites for hydroxylation is 1. The van der Waals surface area contributed by atoms with Gasteiger partial charge in [-0.05, 0) is 47.7 Å². The third kappa shape index (κ3) is 4.77. The highest BCUT2D eigenvalue weighted by Crippen LogP contribution is 2.38. The average molecular weight is 365 g/mol. The Labute approximate surface area is 151 Å². The molecule has 1 N–H and O–H groups in total. The molecule has 0 radical (unpaired) electrons. The van der Waals surface area contributed by atoms with Gasteiger partial charge in [0.1, 0.15) is 5.75 Å². The lowest BCUT2D eigenvalue weighted by Crippen LogP contribution is -2.11. The summed E-state index contributed by atoms with van der Waals surface area (Å²) in [6, 6.07) is 8.70. The summed E-state index contributed by atoms with van der Waals surface area (Å²) >= 11 is 0. The topological polar surface area (TPSA) is 38.3 Å². The molecule has 0 saturated heterocycles. The summed E-state index contributed by atoms with van der Waals surface area (Å²) in [6.45, 7) is 9.37. The Bertz CT molecular complexity index is 821. The Kier molecular flexibility index (Phi) is 5.35. The molecule has 6 heteroatoms. The zero-order valence-corrected chi connectivity index (χ0v) is 15.4. The Hall–Kier alpha value is -2.50. The Morgan fingerprint density at radius 1 is 0.962 bits per heavy atom. The molecule has 26 heavy (non-hydrogen) atoms. The number of ether oxygens (including phenoxy) is 1. The number of hydrogen-bond donors (Lipinski definition) is 1. The van der Waals surface area contributed by atoms with E-state index in [9.17, 15) is 18.0 Å². The molecule has 0 aromatic heterocycles. The first-order valence-electron chi connectivity index (χ1n) is 8.16. The maximum atomic E-state index is 12.9. The standard InChI is InChI=1S/C20H22F3NO2/c1-12-10-14(19(3,4)5)6-8-17(12)26-18-9-7-15(20(21,22)23)11-16(18)24-13(2)25/h6-11H,1-5H3,(H,24,25). The smallest absolute Gasteiger partial charge is 0.416 e. The van der Waals surface area contributed by atoms with Crippen molar-refractivity contribution in [3.05, 3.63) is 53.1 Å². The second-order valence-electron chi connectivity index (χ2n) is 7.22. The first-order valence-corrected chi connectivity index (χ1v) is 8.16. The van der Waals surface area contributed by atoms with Crippen molar-refractivity contribution in [2.24, 2.45) is 0 Å². The van der Waals surface area contributed by atoms with Crippen LogP contribution in [-0.4, -0.2) is 5.91 Å². The van der Waals surface area contributed by atoms with Crippen LogP contribution in [0.25, 0.3) is 0 Å². The van der Waals surface area contributed by atoms with Crippen molar-refractivity contribution >= 4 is 11.6 Å². The Balaban J connectivity index is 2.41. The van der Waals surface area contributed by atoms with Gasteiger partial charge in [-0.15, -0.1) is 0 Å². The van der Waals surface area contributed by atoms with E-state index in [1.54, 1.807) is 6.07 Å². The SMILES string of the molecule is CC(=O)Nc1cc(C(F)(F)F)ccc1Oc1ccc(C(C)(C)C)cc1C. The lowest BCUT2D eigenvalue weighted by atomic mass is 9.86. The van der Waals surface area contributed by atoms with E-state index in [1.165, 1.54) is 13.0 Å². The fourth-order valence-electron chi connectivity index (χ4n) is 2.43. The normalized spacial score (nSPS) is 12.0. The van der Waals surface area contributed by atoms with Gasteiger partial charge in [0.05, 0.1) is 11.3 Å². The zero-order valence-electron chi connectivity index (χ0n) is 15.4. The maximum Gasteiger partial charge on any atom is 0.416 e. The molecule has 0 fully saturated rings. The second kappa shape index (κ2) is 7.02. The number of carbonyl (C=O) groups is 1. The van der Waals surface area contributed by atoms with Crippen molar-refractivity contribution in [3.63, 3.8) is 0 Å². The molecule has 0 spiro atoms. The second-order valence-corrected chi connectivity index (χ2v) is 7.22. The van der Waals surface area contributed by atoms with E-state index in [0.717, 1.165) is 23.3 Å². The van der Waals surface area contributed by atoms with Crippen LogP contribution in [0.5, 0.6) is 11.5 Å². The molecule has 0 heterocycles. The largest absolute Gasteiger partial charge is 0.455 e. The molecule has 0 aliphatic rings. The van der Waals surface area contributed by atoms with Crippen LogP contribution in [0.4, 0.5) is 18.9 Å². The molecule has 0 atom stereocenters. The Morgan fingerprint density at radius 3 is 2.04 bits per heavy atom. The van der Waals surface area contributed by atoms with Gasteiger partial charge < -0.3 is 10.1 Å². The number of amides is 1. The number of benzene rings is 2. The predicted molar refractivity (Wildman–Crippen MR) is 95.7 cm³/mol. The number of hydrogen-bond acceptors (Lipinski definition) is 2. The van der Waals surface area contributed by atoms with E-state index in [-0.39, 0.29) is 16.9 Å². The molecule has 140 valence electrons. The van der Waals surface area contributed by atoms with Crippen LogP contribution in [0.3, 0.4) is 0 Å². The lowest BCUT2D eigenvalue weighted by molar-refractivity contribution is -0.137. The van der Waals surface area contributed by atoms with Gasteiger partial charge in [0.15, 0.2) is 5.75 Å². The molecule has 0 aliphatic heterocycles. The summed E-state index contributed by atoms with van der Waals surface area (Å²) in [4.78, 5) is 11.4. The van der Waals surface area contributed by atoms with Gasteiger partial charge in [0, 0.05) is 6.92 Å². The molecule has 0 saturated carbocycles. The minimum absolute atomic E-state index is 0.0216. The van der Waals surface area contributed by atoms with Gasteiger partial charge >= 0.3 is 6.18 Å². The van der Waals surface area contributed by atoms with E-state index >= 15 is 0 Å². The van der Waals surface area contributed by atoms with Crippen molar-refractivity contribution in [1.82, 2.24) is 0 Å². The van der Waals surface area contributed by atoms with Crippen LogP contribution in [0.1, 0.15) is 44.4 Å². The zero-order chi connectivity index (χ0) is 19.7. The molecule has 1 amide bonds. The van der Waals surface area contributed by atoms with Crippen LogP contribution in [0.2, 0.25) is 0 Å². The summed E-state index contributed by atoms with van der Waals surface area (Å²) in [5.74, 6) is 0.193. The van der Waals surface area contributed by atoms with Crippen molar-refractivity contribution in [3.8, 4) is 11.5 Å². The summed E-state index contributed by atoms with van der Waals surface area (Å²) in [5, 5.41) is 2.40. The van der Waals surface area contributed by atoms with E-state index in [1.807, 2.05) is 19.1 Å². The molecule has 2 aromatic carbocycles. The monoisotopic (exact) mass is 365 g/mol. The highest BCUT2D eigenvalue weighted by atomic mass is 19.4. The Morgan fingerprint density at radius 2 is 1.54 bits per heavy atom. The fourth-order valence-corrected chi connectivity index (χ4v) is 2.43. The van der Waals surface area contributed by atoms with Gasteiger partial charge in [-0.2, -0.15) is 13.2 Å². The molecule has 0 unspecified atom stereocenters.